The van der Waals surface area contributed by atoms with Gasteiger partial charge in [0.15, 0.2) is 0 Å². The van der Waals surface area contributed by atoms with E-state index in [2.05, 4.69) is 0 Å². The van der Waals surface area contributed by atoms with Gasteiger partial charge in [-0.15, -0.1) is 0 Å². The van der Waals surface area contributed by atoms with E-state index in [1.54, 1.807) is 12.1 Å². The molecule has 0 radical (unpaired) electrons. The molecule has 0 saturated carbocycles. The lowest BCUT2D eigenvalue weighted by atomic mass is 10.1. The second kappa shape index (κ2) is 5.96. The van der Waals surface area contributed by atoms with Crippen molar-refractivity contribution in [1.29, 1.82) is 0 Å². The molecule has 1 aromatic rings. The van der Waals surface area contributed by atoms with E-state index in [0.29, 0.717) is 11.9 Å². The highest BCUT2D eigenvalue weighted by Crippen LogP contribution is 2.31. The van der Waals surface area contributed by atoms with E-state index in [1.807, 2.05) is 0 Å². The SMILES string of the molecule is NC(=O)CCC(SN1C(=O)c2ccccc2C1=O)C(=O)O. The van der Waals surface area contributed by atoms with Gasteiger partial charge in [0.25, 0.3) is 11.8 Å². The Morgan fingerprint density at radius 1 is 1.19 bits per heavy atom. The van der Waals surface area contributed by atoms with Crippen molar-refractivity contribution in [1.82, 2.24) is 4.31 Å². The Bertz CT molecular complexity index is 596. The smallest absolute Gasteiger partial charge is 0.318 e. The van der Waals surface area contributed by atoms with Crippen LogP contribution in [0.25, 0.3) is 0 Å². The summed E-state index contributed by atoms with van der Waals surface area (Å²) in [5.41, 5.74) is 5.47. The van der Waals surface area contributed by atoms with Crippen molar-refractivity contribution in [2.24, 2.45) is 5.73 Å². The Labute approximate surface area is 124 Å². The second-order valence-corrected chi connectivity index (χ2v) is 5.53. The number of rotatable bonds is 6. The van der Waals surface area contributed by atoms with Gasteiger partial charge in [-0.3, -0.25) is 19.2 Å². The number of carbonyl (C=O) groups excluding carboxylic acids is 3. The van der Waals surface area contributed by atoms with Crippen molar-refractivity contribution in [2.75, 3.05) is 0 Å². The second-order valence-electron chi connectivity index (χ2n) is 4.39. The summed E-state index contributed by atoms with van der Waals surface area (Å²) in [6.07, 6.45) is -0.185. The molecule has 1 unspecified atom stereocenters. The molecule has 0 aliphatic carbocycles. The van der Waals surface area contributed by atoms with Gasteiger partial charge in [0.05, 0.1) is 11.1 Å². The van der Waals surface area contributed by atoms with Gasteiger partial charge in [0, 0.05) is 6.42 Å². The number of imide groups is 1. The fourth-order valence-electron chi connectivity index (χ4n) is 1.88. The molecule has 1 aliphatic heterocycles. The maximum atomic E-state index is 12.1. The quantitative estimate of drug-likeness (QED) is 0.588. The van der Waals surface area contributed by atoms with Crippen LogP contribution in [0.4, 0.5) is 0 Å². The summed E-state index contributed by atoms with van der Waals surface area (Å²) >= 11 is 0.602. The monoisotopic (exact) mass is 308 g/mol. The summed E-state index contributed by atoms with van der Waals surface area (Å²) < 4.78 is 0.824. The molecule has 8 heteroatoms. The van der Waals surface area contributed by atoms with Crippen LogP contribution in [0.15, 0.2) is 24.3 Å². The first kappa shape index (κ1) is 15.0. The molecule has 1 heterocycles. The number of carboxylic acids is 1. The summed E-state index contributed by atoms with van der Waals surface area (Å²) in [4.78, 5) is 46.1. The zero-order chi connectivity index (χ0) is 15.6. The average molecular weight is 308 g/mol. The molecule has 0 spiro atoms. The van der Waals surface area contributed by atoms with Gasteiger partial charge in [0.2, 0.25) is 5.91 Å². The number of fused-ring (bicyclic) bond motifs is 1. The largest absolute Gasteiger partial charge is 0.480 e. The van der Waals surface area contributed by atoms with Gasteiger partial charge in [-0.05, 0) is 30.5 Å². The molecule has 0 aromatic heterocycles. The highest BCUT2D eigenvalue weighted by Gasteiger charge is 2.38. The minimum atomic E-state index is -1.21. The van der Waals surface area contributed by atoms with Crippen LogP contribution in [-0.4, -0.2) is 38.4 Å². The zero-order valence-electron chi connectivity index (χ0n) is 10.8. The number of nitrogens with zero attached hydrogens (tertiary/aromatic N) is 1. The van der Waals surface area contributed by atoms with Gasteiger partial charge in [-0.2, -0.15) is 0 Å². The molecule has 110 valence electrons. The maximum Gasteiger partial charge on any atom is 0.318 e. The number of aliphatic carboxylic acids is 1. The molecule has 1 aliphatic rings. The highest BCUT2D eigenvalue weighted by atomic mass is 32.2. The van der Waals surface area contributed by atoms with E-state index in [0.717, 1.165) is 4.31 Å². The molecular formula is C13H12N2O5S. The third-order valence-electron chi connectivity index (χ3n) is 2.92. The molecule has 21 heavy (non-hydrogen) atoms. The van der Waals surface area contributed by atoms with Crippen molar-refractivity contribution in [2.45, 2.75) is 18.1 Å². The summed E-state index contributed by atoms with van der Waals surface area (Å²) in [7, 11) is 0. The summed E-state index contributed by atoms with van der Waals surface area (Å²) in [6.45, 7) is 0. The van der Waals surface area contributed by atoms with Crippen LogP contribution in [-0.2, 0) is 9.59 Å². The predicted molar refractivity (Wildman–Crippen MR) is 74.4 cm³/mol. The number of amides is 3. The Kier molecular flexibility index (Phi) is 4.27. The number of hydrogen-bond acceptors (Lipinski definition) is 5. The lowest BCUT2D eigenvalue weighted by Gasteiger charge is -2.17. The van der Waals surface area contributed by atoms with Gasteiger partial charge in [0.1, 0.15) is 5.25 Å². The van der Waals surface area contributed by atoms with E-state index in [4.69, 9.17) is 10.8 Å². The van der Waals surface area contributed by atoms with Crippen molar-refractivity contribution in [3.63, 3.8) is 0 Å². The number of nitrogens with two attached hydrogens (primary N) is 1. The molecule has 1 aromatic carbocycles. The third-order valence-corrected chi connectivity index (χ3v) is 4.15. The van der Waals surface area contributed by atoms with Crippen molar-refractivity contribution in [3.8, 4) is 0 Å². The molecule has 0 fully saturated rings. The molecule has 7 nitrogen and oxygen atoms in total. The summed E-state index contributed by atoms with van der Waals surface area (Å²) in [5.74, 6) is -2.95. The predicted octanol–water partition coefficient (Wildman–Crippen LogP) is 0.649. The lowest BCUT2D eigenvalue weighted by molar-refractivity contribution is -0.136. The normalized spacial score (nSPS) is 15.0. The number of carboxylic acid groups (broad SMARTS) is 1. The third kappa shape index (κ3) is 3.05. The average Bonchev–Trinajstić information content (AvgIpc) is 2.68. The van der Waals surface area contributed by atoms with Crippen LogP contribution < -0.4 is 5.73 Å². The molecule has 1 atom stereocenters. The van der Waals surface area contributed by atoms with Crippen molar-refractivity contribution in [3.05, 3.63) is 35.4 Å². The van der Waals surface area contributed by atoms with E-state index in [9.17, 15) is 19.2 Å². The van der Waals surface area contributed by atoms with Crippen molar-refractivity contribution < 1.29 is 24.3 Å². The number of hydrogen-bond donors (Lipinski definition) is 2. The van der Waals surface area contributed by atoms with E-state index in [-0.39, 0.29) is 24.0 Å². The van der Waals surface area contributed by atoms with Crippen LogP contribution in [0.2, 0.25) is 0 Å². The molecule has 0 saturated heterocycles. The molecule has 3 amide bonds. The molecular weight excluding hydrogens is 296 g/mol. The van der Waals surface area contributed by atoms with Crippen molar-refractivity contribution >= 4 is 35.6 Å². The van der Waals surface area contributed by atoms with Crippen LogP contribution in [0.3, 0.4) is 0 Å². The summed E-state index contributed by atoms with van der Waals surface area (Å²) in [5, 5.41) is 8.02. The highest BCUT2D eigenvalue weighted by molar-refractivity contribution is 7.99. The fraction of sp³-hybridized carbons (Fsp3) is 0.231. The Morgan fingerprint density at radius 3 is 2.14 bits per heavy atom. The molecule has 0 bridgehead atoms. The van der Waals surface area contributed by atoms with Gasteiger partial charge < -0.3 is 10.8 Å². The maximum absolute atomic E-state index is 12.1. The van der Waals surface area contributed by atoms with Gasteiger partial charge in [-0.1, -0.05) is 12.1 Å². The van der Waals surface area contributed by atoms with Crippen LogP contribution in [0, 0.1) is 0 Å². The molecule has 2 rings (SSSR count). The zero-order valence-corrected chi connectivity index (χ0v) is 11.6. The van der Waals surface area contributed by atoms with E-state index in [1.165, 1.54) is 12.1 Å². The standard InChI is InChI=1S/C13H12N2O5S/c14-10(16)6-5-9(13(19)20)21-15-11(17)7-3-1-2-4-8(7)12(15)18/h1-4,9H,5-6H2,(H2,14,16)(H,19,20). The number of primary amides is 1. The summed E-state index contributed by atoms with van der Waals surface area (Å²) in [6, 6.07) is 6.27. The van der Waals surface area contributed by atoms with Crippen LogP contribution in [0.5, 0.6) is 0 Å². The Hall–Kier alpha value is -2.35. The topological polar surface area (TPSA) is 118 Å². The lowest BCUT2D eigenvalue weighted by Crippen LogP contribution is -2.30. The molecule has 3 N–H and O–H groups in total. The Balaban J connectivity index is 2.16. The minimum absolute atomic E-state index is 0.0528. The first-order chi connectivity index (χ1) is 9.91. The first-order valence-corrected chi connectivity index (χ1v) is 6.91. The van der Waals surface area contributed by atoms with E-state index >= 15 is 0 Å². The fourth-order valence-corrected chi connectivity index (χ4v) is 2.84. The van der Waals surface area contributed by atoms with Gasteiger partial charge in [-0.25, -0.2) is 4.31 Å². The Morgan fingerprint density at radius 2 is 1.71 bits per heavy atom. The van der Waals surface area contributed by atoms with Crippen LogP contribution >= 0.6 is 11.9 Å². The first-order valence-electron chi connectivity index (χ1n) is 6.07. The minimum Gasteiger partial charge on any atom is -0.480 e. The van der Waals surface area contributed by atoms with E-state index < -0.39 is 28.9 Å². The number of carbonyl (C=O) groups is 4. The number of benzene rings is 1. The van der Waals surface area contributed by atoms with Gasteiger partial charge >= 0.3 is 5.97 Å². The van der Waals surface area contributed by atoms with Crippen LogP contribution in [0.1, 0.15) is 33.6 Å².